The number of halogens is 3. The van der Waals surface area contributed by atoms with Crippen LogP contribution in [-0.2, 0) is 9.59 Å². The first-order valence-electron chi connectivity index (χ1n) is 13.0. The summed E-state index contributed by atoms with van der Waals surface area (Å²) >= 11 is 0. The number of carbonyl (C=O) groups excluding carboxylic acids is 2. The molecular weight excluding hydrogens is 527 g/mol. The van der Waals surface area contributed by atoms with Gasteiger partial charge in [-0.15, -0.1) is 0 Å². The topological polar surface area (TPSA) is 123 Å². The summed E-state index contributed by atoms with van der Waals surface area (Å²) in [6.45, 7) is 8.53. The summed E-state index contributed by atoms with van der Waals surface area (Å²) in [5, 5.41) is 16.2. The molecule has 0 radical (unpaired) electrons. The van der Waals surface area contributed by atoms with Gasteiger partial charge in [0, 0.05) is 23.7 Å². The van der Waals surface area contributed by atoms with Crippen molar-refractivity contribution in [3.05, 3.63) is 59.7 Å². The highest BCUT2D eigenvalue weighted by Gasteiger charge is 2.38. The van der Waals surface area contributed by atoms with E-state index in [0.717, 1.165) is 48.5 Å². The molecule has 40 heavy (non-hydrogen) atoms. The average molecular weight is 562 g/mol. The predicted octanol–water partition coefficient (Wildman–Crippen LogP) is 4.57. The lowest BCUT2D eigenvalue weighted by Gasteiger charge is -2.27. The summed E-state index contributed by atoms with van der Waals surface area (Å²) in [4.78, 5) is 42.1. The highest BCUT2D eigenvalue weighted by Crippen LogP contribution is 2.31. The van der Waals surface area contributed by atoms with E-state index < -0.39 is 24.3 Å². The van der Waals surface area contributed by atoms with Gasteiger partial charge in [-0.1, -0.05) is 44.2 Å². The molecule has 0 bridgehead atoms. The fourth-order valence-electron chi connectivity index (χ4n) is 4.54. The Morgan fingerprint density at radius 1 is 1.12 bits per heavy atom. The molecule has 0 aliphatic carbocycles. The zero-order valence-corrected chi connectivity index (χ0v) is 22.6. The summed E-state index contributed by atoms with van der Waals surface area (Å²) in [6, 6.07) is 15.1. The van der Waals surface area contributed by atoms with Crippen LogP contribution in [0.4, 0.5) is 29.3 Å². The fraction of sp³-hybridized carbons (Fsp3) is 0.429. The Morgan fingerprint density at radius 2 is 1.77 bits per heavy atom. The second-order valence-corrected chi connectivity index (χ2v) is 10.1. The summed E-state index contributed by atoms with van der Waals surface area (Å²) in [7, 11) is 0. The third-order valence-electron chi connectivity index (χ3n) is 6.30. The van der Waals surface area contributed by atoms with E-state index in [4.69, 9.17) is 14.9 Å². The molecule has 1 unspecified atom stereocenters. The van der Waals surface area contributed by atoms with Crippen LogP contribution in [0.3, 0.4) is 0 Å². The number of amides is 3. The van der Waals surface area contributed by atoms with E-state index >= 15 is 0 Å². The Kier molecular flexibility index (Phi) is 10.3. The highest BCUT2D eigenvalue weighted by atomic mass is 19.4. The van der Waals surface area contributed by atoms with Gasteiger partial charge >= 0.3 is 18.2 Å². The molecule has 216 valence electrons. The van der Waals surface area contributed by atoms with Gasteiger partial charge in [-0.25, -0.2) is 9.59 Å². The number of benzene rings is 2. The fourth-order valence-corrected chi connectivity index (χ4v) is 4.54. The maximum Gasteiger partial charge on any atom is 0.490 e. The van der Waals surface area contributed by atoms with Crippen molar-refractivity contribution in [1.82, 2.24) is 10.6 Å². The number of aryl methyl sites for hydroxylation is 1. The number of aliphatic carboxylic acids is 1. The molecule has 1 atom stereocenters. The zero-order valence-electron chi connectivity index (χ0n) is 22.6. The number of carboxylic acids is 1. The molecule has 0 saturated carbocycles. The number of hydrogen-bond donors (Lipinski definition) is 4. The van der Waals surface area contributed by atoms with Crippen LogP contribution in [0.1, 0.15) is 37.8 Å². The number of hydrogen-bond acceptors (Lipinski definition) is 5. The molecule has 4 rings (SSSR count). The number of para-hydroxylation sites is 1. The Bertz CT molecular complexity index is 1240. The van der Waals surface area contributed by atoms with Crippen molar-refractivity contribution in [2.75, 3.05) is 29.9 Å². The lowest BCUT2D eigenvalue weighted by Crippen LogP contribution is -2.49. The molecule has 0 aromatic heterocycles. The second-order valence-electron chi connectivity index (χ2n) is 10.1. The molecule has 1 saturated heterocycles. The van der Waals surface area contributed by atoms with Crippen LogP contribution in [0.2, 0.25) is 0 Å². The van der Waals surface area contributed by atoms with E-state index in [1.165, 1.54) is 0 Å². The van der Waals surface area contributed by atoms with E-state index in [9.17, 15) is 22.8 Å². The third kappa shape index (κ3) is 8.28. The van der Waals surface area contributed by atoms with Gasteiger partial charge < -0.3 is 26.0 Å². The number of rotatable bonds is 5. The summed E-state index contributed by atoms with van der Waals surface area (Å²) in [6.07, 6.45) is -4.16. The van der Waals surface area contributed by atoms with Gasteiger partial charge in [-0.2, -0.15) is 13.2 Å². The Morgan fingerprint density at radius 3 is 2.38 bits per heavy atom. The molecule has 2 aromatic rings. The van der Waals surface area contributed by atoms with Crippen molar-refractivity contribution in [1.29, 1.82) is 0 Å². The predicted molar refractivity (Wildman–Crippen MR) is 147 cm³/mol. The molecule has 0 spiro atoms. The van der Waals surface area contributed by atoms with Crippen LogP contribution in [0.25, 0.3) is 0 Å². The number of piperidine rings is 1. The number of carboxylic acid groups (broad SMARTS) is 1. The molecule has 2 aromatic carbocycles. The lowest BCUT2D eigenvalue weighted by atomic mass is 9.88. The Labute approximate surface area is 230 Å². The molecule has 1 fully saturated rings. The van der Waals surface area contributed by atoms with E-state index in [0.29, 0.717) is 12.2 Å². The minimum Gasteiger partial charge on any atom is -0.475 e. The van der Waals surface area contributed by atoms with Gasteiger partial charge in [0.05, 0.1) is 11.4 Å². The van der Waals surface area contributed by atoms with Crippen LogP contribution < -0.4 is 20.9 Å². The van der Waals surface area contributed by atoms with E-state index in [1.807, 2.05) is 55.5 Å². The van der Waals surface area contributed by atoms with Crippen molar-refractivity contribution >= 4 is 35.0 Å². The number of benzodiazepines with no additional fused rings is 1. The molecular formula is C28H34F3N5O4. The van der Waals surface area contributed by atoms with Crippen LogP contribution in [0, 0.1) is 18.8 Å². The minimum atomic E-state index is -5.08. The van der Waals surface area contributed by atoms with E-state index in [-0.39, 0.29) is 17.7 Å². The lowest BCUT2D eigenvalue weighted by molar-refractivity contribution is -0.192. The number of carbonyl (C=O) groups is 3. The molecule has 3 amide bonds. The summed E-state index contributed by atoms with van der Waals surface area (Å²) in [5.74, 6) is -2.46. The van der Waals surface area contributed by atoms with Crippen molar-refractivity contribution in [3.63, 3.8) is 0 Å². The van der Waals surface area contributed by atoms with Crippen LogP contribution >= 0.6 is 0 Å². The third-order valence-corrected chi connectivity index (χ3v) is 6.30. The van der Waals surface area contributed by atoms with Crippen LogP contribution in [0.5, 0.6) is 0 Å². The van der Waals surface area contributed by atoms with Crippen LogP contribution in [-0.4, -0.2) is 60.7 Å². The van der Waals surface area contributed by atoms with Crippen LogP contribution in [0.15, 0.2) is 53.5 Å². The first kappa shape index (κ1) is 30.6. The second kappa shape index (κ2) is 13.4. The number of urea groups is 1. The minimum absolute atomic E-state index is 0.209. The average Bonchev–Trinajstić information content (AvgIpc) is 2.99. The number of nitrogens with zero attached hydrogens (tertiary/aromatic N) is 2. The van der Waals surface area contributed by atoms with Gasteiger partial charge in [-0.3, -0.25) is 9.79 Å². The molecule has 12 heteroatoms. The smallest absolute Gasteiger partial charge is 0.475 e. The number of anilines is 2. The van der Waals surface area contributed by atoms with Gasteiger partial charge in [0.15, 0.2) is 0 Å². The molecule has 2 aliphatic rings. The van der Waals surface area contributed by atoms with Crippen molar-refractivity contribution in [2.45, 2.75) is 46.0 Å². The van der Waals surface area contributed by atoms with Gasteiger partial charge in [0.2, 0.25) is 6.17 Å². The standard InChI is InChI=1S/C26H33N5O2.C2HF3O2/c1-17(2)16-31-22-10-5-4-9-21(22)23(19-11-13-27-14-12-19)29-24(25(31)32)30-26(33)28-20-8-6-7-18(3)15-20;3-2(4,5)1(6)7/h4-10,15,17,19,24,27H,11-14,16H2,1-3H3,(H2,28,30,33);(H,6,7). The first-order valence-corrected chi connectivity index (χ1v) is 13.0. The first-order chi connectivity index (χ1) is 18.9. The van der Waals surface area contributed by atoms with Crippen molar-refractivity contribution in [3.8, 4) is 0 Å². The van der Waals surface area contributed by atoms with E-state index in [2.05, 4.69) is 29.8 Å². The number of alkyl halides is 3. The van der Waals surface area contributed by atoms with Gasteiger partial charge in [0.25, 0.3) is 5.91 Å². The largest absolute Gasteiger partial charge is 0.490 e. The molecule has 4 N–H and O–H groups in total. The maximum atomic E-state index is 13.7. The Balaban J connectivity index is 0.000000559. The summed E-state index contributed by atoms with van der Waals surface area (Å²) < 4.78 is 31.7. The molecule has 2 heterocycles. The SMILES string of the molecule is Cc1cccc(NC(=O)NC2N=C(C3CCNCC3)c3ccccc3N(CC(C)C)C2=O)c1.O=C(O)C(F)(F)F. The normalized spacial score (nSPS) is 17.7. The Hall–Kier alpha value is -3.93. The number of nitrogens with one attached hydrogen (secondary N) is 3. The molecule has 9 nitrogen and oxygen atoms in total. The quantitative estimate of drug-likeness (QED) is 0.426. The number of aliphatic imine (C=N–C) groups is 1. The zero-order chi connectivity index (χ0) is 29.4. The van der Waals surface area contributed by atoms with Gasteiger partial charge in [-0.05, 0) is 62.5 Å². The highest BCUT2D eigenvalue weighted by molar-refractivity contribution is 6.14. The van der Waals surface area contributed by atoms with E-state index in [1.54, 1.807) is 4.90 Å². The van der Waals surface area contributed by atoms with Crippen molar-refractivity contribution in [2.24, 2.45) is 16.8 Å². The van der Waals surface area contributed by atoms with Crippen molar-refractivity contribution < 1.29 is 32.7 Å². The maximum absolute atomic E-state index is 13.7. The monoisotopic (exact) mass is 561 g/mol. The van der Waals surface area contributed by atoms with Gasteiger partial charge in [0.1, 0.15) is 0 Å². The number of fused-ring (bicyclic) bond motifs is 1. The summed E-state index contributed by atoms with van der Waals surface area (Å²) in [5.41, 5.74) is 4.49. The molecule has 2 aliphatic heterocycles.